The van der Waals surface area contributed by atoms with Gasteiger partial charge in [0.25, 0.3) is 0 Å². The summed E-state index contributed by atoms with van der Waals surface area (Å²) in [5.41, 5.74) is 1.25. The highest BCUT2D eigenvalue weighted by Crippen LogP contribution is 2.34. The Hall–Kier alpha value is -4.10. The zero-order valence-electron chi connectivity index (χ0n) is 18.8. The second-order valence-corrected chi connectivity index (χ2v) is 8.69. The SMILES string of the molecule is COc1ccc(CCN(Cc2ccc(C#CC(=O)O)cc2)c2nc3c(F)c(F)cc(F)c3s2)c(F)c1. The molecule has 0 aliphatic rings. The molecule has 0 aliphatic heterocycles. The molecule has 184 valence electrons. The van der Waals surface area contributed by atoms with Crippen LogP contribution in [0.2, 0.25) is 0 Å². The molecular formula is C26H18F4N2O3S. The summed E-state index contributed by atoms with van der Waals surface area (Å²) in [6, 6.07) is 11.7. The Morgan fingerprint density at radius 3 is 2.47 bits per heavy atom. The second-order valence-electron chi connectivity index (χ2n) is 7.71. The van der Waals surface area contributed by atoms with Crippen molar-refractivity contribution in [1.82, 2.24) is 4.98 Å². The van der Waals surface area contributed by atoms with Gasteiger partial charge in [-0.2, -0.15) is 0 Å². The number of rotatable bonds is 7. The number of fused-ring (bicyclic) bond motifs is 1. The van der Waals surface area contributed by atoms with Crippen LogP contribution in [0.4, 0.5) is 22.7 Å². The largest absolute Gasteiger partial charge is 0.497 e. The first-order chi connectivity index (χ1) is 17.2. The zero-order valence-corrected chi connectivity index (χ0v) is 19.6. The summed E-state index contributed by atoms with van der Waals surface area (Å²) in [5.74, 6) is -0.284. The Morgan fingerprint density at radius 2 is 1.81 bits per heavy atom. The minimum atomic E-state index is -1.33. The summed E-state index contributed by atoms with van der Waals surface area (Å²) in [6.45, 7) is 0.464. The fourth-order valence-electron chi connectivity index (χ4n) is 3.50. The lowest BCUT2D eigenvalue weighted by atomic mass is 10.1. The van der Waals surface area contributed by atoms with Crippen LogP contribution in [-0.2, 0) is 17.8 Å². The van der Waals surface area contributed by atoms with Crippen LogP contribution >= 0.6 is 11.3 Å². The number of hydrogen-bond donors (Lipinski definition) is 1. The van der Waals surface area contributed by atoms with Gasteiger partial charge in [-0.3, -0.25) is 0 Å². The molecule has 36 heavy (non-hydrogen) atoms. The Labute approximate surface area is 207 Å². The van der Waals surface area contributed by atoms with Crippen molar-refractivity contribution in [3.05, 3.63) is 88.5 Å². The van der Waals surface area contributed by atoms with Gasteiger partial charge < -0.3 is 14.7 Å². The summed E-state index contributed by atoms with van der Waals surface area (Å²) in [7, 11) is 1.43. The molecule has 4 aromatic rings. The molecule has 4 rings (SSSR count). The van der Waals surface area contributed by atoms with E-state index in [2.05, 4.69) is 10.9 Å². The van der Waals surface area contributed by atoms with Gasteiger partial charge in [0.2, 0.25) is 0 Å². The van der Waals surface area contributed by atoms with Crippen molar-refractivity contribution in [1.29, 1.82) is 0 Å². The van der Waals surface area contributed by atoms with E-state index in [1.54, 1.807) is 41.3 Å². The molecule has 0 fully saturated rings. The zero-order chi connectivity index (χ0) is 25.8. The first kappa shape index (κ1) is 25.0. The van der Waals surface area contributed by atoms with E-state index in [9.17, 15) is 22.4 Å². The Balaban J connectivity index is 1.65. The number of aromatic nitrogens is 1. The van der Waals surface area contributed by atoms with Crippen molar-refractivity contribution >= 4 is 32.7 Å². The molecule has 0 radical (unpaired) electrons. The maximum Gasteiger partial charge on any atom is 0.382 e. The minimum Gasteiger partial charge on any atom is -0.497 e. The van der Waals surface area contributed by atoms with Crippen molar-refractivity contribution in [2.24, 2.45) is 0 Å². The molecule has 0 amide bonds. The van der Waals surface area contributed by atoms with Crippen molar-refractivity contribution in [3.63, 3.8) is 0 Å². The van der Waals surface area contributed by atoms with Crippen LogP contribution in [0.1, 0.15) is 16.7 Å². The third kappa shape index (κ3) is 5.58. The number of thiazole rings is 1. The number of nitrogens with zero attached hydrogens (tertiary/aromatic N) is 2. The van der Waals surface area contributed by atoms with Crippen LogP contribution < -0.4 is 9.64 Å². The van der Waals surface area contributed by atoms with Crippen LogP contribution in [0, 0.1) is 35.1 Å². The van der Waals surface area contributed by atoms with Gasteiger partial charge in [-0.15, -0.1) is 0 Å². The third-order valence-electron chi connectivity index (χ3n) is 5.33. The Morgan fingerprint density at radius 1 is 1.06 bits per heavy atom. The molecular weight excluding hydrogens is 496 g/mol. The molecule has 0 saturated heterocycles. The van der Waals surface area contributed by atoms with Gasteiger partial charge >= 0.3 is 5.97 Å². The van der Waals surface area contributed by atoms with E-state index in [1.165, 1.54) is 13.2 Å². The molecule has 0 atom stereocenters. The Kier molecular flexibility index (Phi) is 7.41. The molecule has 0 unspecified atom stereocenters. The molecule has 3 aromatic carbocycles. The molecule has 5 nitrogen and oxygen atoms in total. The number of carboxylic acid groups (broad SMARTS) is 1. The average molecular weight is 515 g/mol. The van der Waals surface area contributed by atoms with E-state index in [0.29, 0.717) is 22.9 Å². The number of anilines is 1. The fourth-order valence-corrected chi connectivity index (χ4v) is 4.50. The van der Waals surface area contributed by atoms with E-state index in [4.69, 9.17) is 9.84 Å². The lowest BCUT2D eigenvalue weighted by Gasteiger charge is -2.22. The number of aliphatic carboxylic acids is 1. The van der Waals surface area contributed by atoms with Crippen LogP contribution in [0.25, 0.3) is 10.2 Å². The lowest BCUT2D eigenvalue weighted by molar-refractivity contribution is -0.130. The average Bonchev–Trinajstić information content (AvgIpc) is 3.31. The highest BCUT2D eigenvalue weighted by atomic mass is 32.1. The van der Waals surface area contributed by atoms with E-state index in [-0.39, 0.29) is 29.3 Å². The minimum absolute atomic E-state index is 0.121. The molecule has 0 aliphatic carbocycles. The fraction of sp³-hybridized carbons (Fsp3) is 0.154. The second kappa shape index (κ2) is 10.7. The van der Waals surface area contributed by atoms with Crippen molar-refractivity contribution in [3.8, 4) is 17.6 Å². The number of carbonyl (C=O) groups is 1. The van der Waals surface area contributed by atoms with E-state index < -0.39 is 34.8 Å². The molecule has 0 saturated carbocycles. The predicted octanol–water partition coefficient (Wildman–Crippen LogP) is 5.55. The normalized spacial score (nSPS) is 10.7. The van der Waals surface area contributed by atoms with Crippen LogP contribution in [0.15, 0.2) is 48.5 Å². The first-order valence-electron chi connectivity index (χ1n) is 10.6. The molecule has 0 spiro atoms. The maximum atomic E-state index is 14.5. The quantitative estimate of drug-likeness (QED) is 0.199. The van der Waals surface area contributed by atoms with Gasteiger partial charge in [-0.25, -0.2) is 27.3 Å². The monoisotopic (exact) mass is 514 g/mol. The molecule has 1 aromatic heterocycles. The van der Waals surface area contributed by atoms with Crippen LogP contribution in [0.3, 0.4) is 0 Å². The van der Waals surface area contributed by atoms with E-state index in [0.717, 1.165) is 16.9 Å². The van der Waals surface area contributed by atoms with Crippen LogP contribution in [0.5, 0.6) is 5.75 Å². The van der Waals surface area contributed by atoms with E-state index in [1.807, 2.05) is 5.92 Å². The van der Waals surface area contributed by atoms with Gasteiger partial charge in [0, 0.05) is 36.7 Å². The van der Waals surface area contributed by atoms with Crippen molar-refractivity contribution < 1.29 is 32.2 Å². The number of halogens is 4. The maximum absolute atomic E-state index is 14.5. The molecule has 1 N–H and O–H groups in total. The molecule has 10 heteroatoms. The van der Waals surface area contributed by atoms with Gasteiger partial charge in [0.05, 0.1) is 11.8 Å². The van der Waals surface area contributed by atoms with Crippen molar-refractivity contribution in [2.45, 2.75) is 13.0 Å². The third-order valence-corrected chi connectivity index (χ3v) is 6.45. The summed E-state index contributed by atoms with van der Waals surface area (Å²) in [4.78, 5) is 16.5. The highest BCUT2D eigenvalue weighted by Gasteiger charge is 2.21. The molecule has 1 heterocycles. The van der Waals surface area contributed by atoms with Gasteiger partial charge in [0.1, 0.15) is 22.9 Å². The predicted molar refractivity (Wildman–Crippen MR) is 128 cm³/mol. The summed E-state index contributed by atoms with van der Waals surface area (Å²) in [5, 5.41) is 8.93. The number of hydrogen-bond acceptors (Lipinski definition) is 5. The number of carboxylic acids is 1. The van der Waals surface area contributed by atoms with Gasteiger partial charge in [0.15, 0.2) is 16.8 Å². The highest BCUT2D eigenvalue weighted by molar-refractivity contribution is 7.22. The smallest absolute Gasteiger partial charge is 0.382 e. The van der Waals surface area contributed by atoms with Gasteiger partial charge in [-0.05, 0) is 35.7 Å². The number of ether oxygens (including phenoxy) is 1. The number of benzene rings is 3. The molecule has 0 bridgehead atoms. The van der Waals surface area contributed by atoms with Crippen LogP contribution in [-0.4, -0.2) is 29.7 Å². The van der Waals surface area contributed by atoms with Gasteiger partial charge in [-0.1, -0.05) is 35.5 Å². The Bertz CT molecular complexity index is 1490. The topological polar surface area (TPSA) is 62.7 Å². The first-order valence-corrected chi connectivity index (χ1v) is 11.4. The summed E-state index contributed by atoms with van der Waals surface area (Å²) < 4.78 is 61.7. The standard InChI is InChI=1S/C26H18F4N2O3S/c1-35-18-8-7-17(19(27)12-18)10-11-32(14-16-4-2-15(3-5-16)6-9-22(33)34)26-31-24-23(30)20(28)13-21(29)25(24)36-26/h2-5,7-8,12-13H,10-11,14H2,1H3,(H,33,34). The number of methoxy groups -OCH3 is 1. The summed E-state index contributed by atoms with van der Waals surface area (Å²) >= 11 is 0.866. The summed E-state index contributed by atoms with van der Waals surface area (Å²) in [6.07, 6.45) is 0.243. The lowest BCUT2D eigenvalue weighted by Crippen LogP contribution is -2.25. The van der Waals surface area contributed by atoms with Crippen molar-refractivity contribution in [2.75, 3.05) is 18.6 Å². The van der Waals surface area contributed by atoms with E-state index >= 15 is 0 Å².